The number of hydrogen-bond acceptors (Lipinski definition) is 4. The van der Waals surface area contributed by atoms with Gasteiger partial charge < -0.3 is 20.7 Å². The van der Waals surface area contributed by atoms with Crippen LogP contribution < -0.4 is 11.1 Å². The molecule has 2 atom stereocenters. The molecule has 2 rings (SSSR count). The lowest BCUT2D eigenvalue weighted by Gasteiger charge is -2.31. The molecule has 1 aromatic rings. The Bertz CT molecular complexity index is 525. The van der Waals surface area contributed by atoms with Crippen molar-refractivity contribution in [3.8, 4) is 0 Å². The highest BCUT2D eigenvalue weighted by Crippen LogP contribution is 2.17. The van der Waals surface area contributed by atoms with E-state index in [1.54, 1.807) is 30.9 Å². The summed E-state index contributed by atoms with van der Waals surface area (Å²) >= 11 is 0. The fraction of sp³-hybridized carbons (Fsp3) is 0.500. The largest absolute Gasteiger partial charge is 0.378 e. The Balaban J connectivity index is 1.99. The quantitative estimate of drug-likeness (QED) is 0.833. The fourth-order valence-corrected chi connectivity index (χ4v) is 2.38. The molecule has 1 aromatic carbocycles. The lowest BCUT2D eigenvalue weighted by molar-refractivity contribution is -0.140. The van der Waals surface area contributed by atoms with Crippen LogP contribution in [0.4, 0.5) is 0 Å². The van der Waals surface area contributed by atoms with Gasteiger partial charge in [-0.3, -0.25) is 9.59 Å². The summed E-state index contributed by atoms with van der Waals surface area (Å²) in [6.45, 7) is 5.49. The van der Waals surface area contributed by atoms with Gasteiger partial charge in [0.2, 0.25) is 11.8 Å². The summed E-state index contributed by atoms with van der Waals surface area (Å²) in [5.41, 5.74) is 5.68. The van der Waals surface area contributed by atoms with Gasteiger partial charge in [-0.05, 0) is 19.4 Å². The van der Waals surface area contributed by atoms with E-state index in [0.29, 0.717) is 31.9 Å². The van der Waals surface area contributed by atoms with E-state index in [9.17, 15) is 9.59 Å². The summed E-state index contributed by atoms with van der Waals surface area (Å²) in [6, 6.07) is 8.51. The van der Waals surface area contributed by atoms with E-state index >= 15 is 0 Å². The molecule has 0 saturated carbocycles. The van der Waals surface area contributed by atoms with Crippen molar-refractivity contribution in [2.75, 3.05) is 26.3 Å². The van der Waals surface area contributed by atoms with Crippen molar-refractivity contribution in [3.63, 3.8) is 0 Å². The summed E-state index contributed by atoms with van der Waals surface area (Å²) in [4.78, 5) is 26.4. The van der Waals surface area contributed by atoms with Crippen LogP contribution in [0.5, 0.6) is 0 Å². The molecular formula is C16H23N3O3. The first kappa shape index (κ1) is 16.5. The molecule has 6 nitrogen and oxygen atoms in total. The molecule has 1 aliphatic rings. The molecule has 2 unspecified atom stereocenters. The van der Waals surface area contributed by atoms with Gasteiger partial charge in [-0.2, -0.15) is 0 Å². The van der Waals surface area contributed by atoms with Crippen molar-refractivity contribution >= 4 is 11.8 Å². The Morgan fingerprint density at radius 1 is 1.27 bits per heavy atom. The van der Waals surface area contributed by atoms with Gasteiger partial charge in [0.1, 0.15) is 11.6 Å². The first-order valence-electron chi connectivity index (χ1n) is 7.45. The Morgan fingerprint density at radius 2 is 1.86 bits per heavy atom. The van der Waals surface area contributed by atoms with Crippen molar-refractivity contribution in [2.24, 2.45) is 5.73 Å². The van der Waals surface area contributed by atoms with Crippen LogP contribution >= 0.6 is 0 Å². The maximum absolute atomic E-state index is 12.4. The molecule has 0 bridgehead atoms. The maximum atomic E-state index is 12.4. The zero-order valence-corrected chi connectivity index (χ0v) is 13.0. The van der Waals surface area contributed by atoms with Crippen LogP contribution in [0.2, 0.25) is 0 Å². The van der Waals surface area contributed by atoms with Gasteiger partial charge in [-0.1, -0.05) is 30.3 Å². The highest BCUT2D eigenvalue weighted by Gasteiger charge is 2.33. The van der Waals surface area contributed by atoms with Crippen LogP contribution in [0.1, 0.15) is 19.4 Å². The summed E-state index contributed by atoms with van der Waals surface area (Å²) in [5, 5.41) is 2.72. The molecule has 0 radical (unpaired) electrons. The highest BCUT2D eigenvalue weighted by molar-refractivity contribution is 5.92. The lowest BCUT2D eigenvalue weighted by Crippen LogP contribution is -2.56. The summed E-state index contributed by atoms with van der Waals surface area (Å²) in [5.74, 6) is -0.478. The van der Waals surface area contributed by atoms with Crippen molar-refractivity contribution in [3.05, 3.63) is 35.9 Å². The second-order valence-electron chi connectivity index (χ2n) is 5.70. The van der Waals surface area contributed by atoms with Crippen LogP contribution in [-0.2, 0) is 19.9 Å². The summed E-state index contributed by atoms with van der Waals surface area (Å²) in [7, 11) is 0. The minimum absolute atomic E-state index is 0.111. The molecule has 3 N–H and O–H groups in total. The number of morpholine rings is 1. The van der Waals surface area contributed by atoms with Gasteiger partial charge in [0.15, 0.2) is 0 Å². The smallest absolute Gasteiger partial charge is 0.245 e. The maximum Gasteiger partial charge on any atom is 0.245 e. The SMILES string of the molecule is CC(NC(=O)C(C)(N)c1ccccc1)C(=O)N1CCOCC1. The van der Waals surface area contributed by atoms with Crippen molar-refractivity contribution in [2.45, 2.75) is 25.4 Å². The molecule has 1 heterocycles. The van der Waals surface area contributed by atoms with E-state index in [4.69, 9.17) is 10.5 Å². The molecule has 6 heteroatoms. The van der Waals surface area contributed by atoms with E-state index in [1.165, 1.54) is 0 Å². The van der Waals surface area contributed by atoms with Gasteiger partial charge in [-0.15, -0.1) is 0 Å². The van der Waals surface area contributed by atoms with Crippen LogP contribution in [-0.4, -0.2) is 49.1 Å². The van der Waals surface area contributed by atoms with E-state index in [2.05, 4.69) is 5.32 Å². The number of nitrogens with one attached hydrogen (secondary N) is 1. The number of hydrogen-bond donors (Lipinski definition) is 2. The number of nitrogens with zero attached hydrogens (tertiary/aromatic N) is 1. The fourth-order valence-electron chi connectivity index (χ4n) is 2.38. The van der Waals surface area contributed by atoms with Crippen molar-refractivity contribution < 1.29 is 14.3 Å². The molecule has 1 saturated heterocycles. The Kier molecular flexibility index (Phi) is 5.15. The third-order valence-electron chi connectivity index (χ3n) is 3.89. The number of carbonyl (C=O) groups is 2. The molecule has 1 fully saturated rings. The van der Waals surface area contributed by atoms with Gasteiger partial charge in [0.05, 0.1) is 13.2 Å². The van der Waals surface area contributed by atoms with Crippen LogP contribution in [0.3, 0.4) is 0 Å². The molecule has 22 heavy (non-hydrogen) atoms. The van der Waals surface area contributed by atoms with Crippen LogP contribution in [0.15, 0.2) is 30.3 Å². The van der Waals surface area contributed by atoms with Gasteiger partial charge in [0, 0.05) is 13.1 Å². The Morgan fingerprint density at radius 3 is 2.45 bits per heavy atom. The average Bonchev–Trinajstić information content (AvgIpc) is 2.55. The second kappa shape index (κ2) is 6.89. The normalized spacial score (nSPS) is 19.1. The molecule has 120 valence electrons. The molecule has 1 aliphatic heterocycles. The lowest BCUT2D eigenvalue weighted by atomic mass is 9.92. The van der Waals surface area contributed by atoms with E-state index in [1.807, 2.05) is 18.2 Å². The van der Waals surface area contributed by atoms with Crippen LogP contribution in [0.25, 0.3) is 0 Å². The van der Waals surface area contributed by atoms with Crippen LogP contribution in [0, 0.1) is 0 Å². The Labute approximate surface area is 130 Å². The number of carbonyl (C=O) groups excluding carboxylic acids is 2. The number of ether oxygens (including phenoxy) is 1. The predicted molar refractivity (Wildman–Crippen MR) is 83.0 cm³/mol. The highest BCUT2D eigenvalue weighted by atomic mass is 16.5. The van der Waals surface area contributed by atoms with Gasteiger partial charge in [-0.25, -0.2) is 0 Å². The topological polar surface area (TPSA) is 84.7 Å². The second-order valence-corrected chi connectivity index (χ2v) is 5.70. The molecule has 0 spiro atoms. The van der Waals surface area contributed by atoms with Crippen molar-refractivity contribution in [1.29, 1.82) is 0 Å². The van der Waals surface area contributed by atoms with E-state index in [-0.39, 0.29) is 11.8 Å². The Hall–Kier alpha value is -1.92. The zero-order valence-electron chi connectivity index (χ0n) is 13.0. The monoisotopic (exact) mass is 305 g/mol. The third-order valence-corrected chi connectivity index (χ3v) is 3.89. The standard InChI is InChI=1S/C16H23N3O3/c1-12(14(20)19-8-10-22-11-9-19)18-15(21)16(2,17)13-6-4-3-5-7-13/h3-7,12H,8-11,17H2,1-2H3,(H,18,21). The van der Waals surface area contributed by atoms with E-state index < -0.39 is 11.6 Å². The first-order valence-corrected chi connectivity index (χ1v) is 7.45. The van der Waals surface area contributed by atoms with Gasteiger partial charge in [0.25, 0.3) is 0 Å². The minimum Gasteiger partial charge on any atom is -0.378 e. The average molecular weight is 305 g/mol. The summed E-state index contributed by atoms with van der Waals surface area (Å²) in [6.07, 6.45) is 0. The minimum atomic E-state index is -1.18. The summed E-state index contributed by atoms with van der Waals surface area (Å²) < 4.78 is 5.22. The predicted octanol–water partition coefficient (Wildman–Crippen LogP) is 0.224. The van der Waals surface area contributed by atoms with Gasteiger partial charge >= 0.3 is 0 Å². The first-order chi connectivity index (χ1) is 10.4. The molecule has 0 aliphatic carbocycles. The number of nitrogens with two attached hydrogens (primary N) is 1. The van der Waals surface area contributed by atoms with E-state index in [0.717, 1.165) is 0 Å². The molecule has 2 amide bonds. The third kappa shape index (κ3) is 3.64. The van der Waals surface area contributed by atoms with Crippen molar-refractivity contribution in [1.82, 2.24) is 10.2 Å². The molecular weight excluding hydrogens is 282 g/mol. The molecule has 0 aromatic heterocycles. The number of amides is 2. The zero-order chi connectivity index (χ0) is 16.2. The number of benzene rings is 1. The number of rotatable bonds is 4.